The van der Waals surface area contributed by atoms with Crippen molar-refractivity contribution >= 4 is 55.9 Å². The van der Waals surface area contributed by atoms with Gasteiger partial charge in [-0.1, -0.05) is 0 Å². The summed E-state index contributed by atoms with van der Waals surface area (Å²) in [7, 11) is -1.46. The van der Waals surface area contributed by atoms with Crippen molar-refractivity contribution in [3.8, 4) is 0 Å². The van der Waals surface area contributed by atoms with Gasteiger partial charge in [-0.2, -0.15) is 8.42 Å². The molecule has 34 heavy (non-hydrogen) atoms. The molecule has 9 nitrogen and oxygen atoms in total. The number of pyridine rings is 2. The third-order valence-electron chi connectivity index (χ3n) is 4.90. The molecule has 180 valence electrons. The Balaban J connectivity index is 2.05. The summed E-state index contributed by atoms with van der Waals surface area (Å²) >= 11 is 1.96. The molecule has 0 unspecified atom stereocenters. The molecule has 0 aliphatic carbocycles. The monoisotopic (exact) mass is 603 g/mol. The van der Waals surface area contributed by atoms with Gasteiger partial charge in [0.2, 0.25) is 0 Å². The van der Waals surface area contributed by atoms with Gasteiger partial charge in [-0.05, 0) is 65.4 Å². The summed E-state index contributed by atoms with van der Waals surface area (Å²) in [6.07, 6.45) is 0.950. The molecule has 0 bridgehead atoms. The van der Waals surface area contributed by atoms with Gasteiger partial charge < -0.3 is 5.32 Å². The number of ketones is 1. The highest BCUT2D eigenvalue weighted by atomic mass is 127. The molecule has 0 saturated heterocycles. The minimum Gasteiger partial charge on any atom is -0.339 e. The van der Waals surface area contributed by atoms with E-state index in [1.54, 1.807) is 6.07 Å². The van der Waals surface area contributed by atoms with Gasteiger partial charge in [0.05, 0.1) is 11.3 Å². The van der Waals surface area contributed by atoms with Crippen LogP contribution in [0.15, 0.2) is 41.3 Å². The van der Waals surface area contributed by atoms with Crippen molar-refractivity contribution in [2.24, 2.45) is 7.05 Å². The van der Waals surface area contributed by atoms with Crippen LogP contribution >= 0.6 is 22.6 Å². The normalized spacial score (nSPS) is 11.4. The SMILES string of the molecule is CNS(=O)(=O)Nc1nccc(Cc2cc(C(C)=O)c(Nc3ccc(I)cc3F)n(C)c2=O)c1F. The van der Waals surface area contributed by atoms with Gasteiger partial charge in [-0.25, -0.2) is 18.5 Å². The molecule has 0 fully saturated rings. The van der Waals surface area contributed by atoms with Crippen molar-refractivity contribution in [1.29, 1.82) is 0 Å². The molecule has 3 aromatic rings. The van der Waals surface area contributed by atoms with E-state index in [1.165, 1.54) is 44.4 Å². The zero-order valence-corrected chi connectivity index (χ0v) is 21.2. The van der Waals surface area contributed by atoms with Crippen LogP contribution in [-0.2, 0) is 23.7 Å². The second-order valence-corrected chi connectivity index (χ2v) is 10.1. The van der Waals surface area contributed by atoms with Crippen LogP contribution in [0.4, 0.5) is 26.1 Å². The van der Waals surface area contributed by atoms with Crippen LogP contribution in [-0.4, -0.2) is 30.8 Å². The highest BCUT2D eigenvalue weighted by Crippen LogP contribution is 2.25. The van der Waals surface area contributed by atoms with E-state index in [0.29, 0.717) is 3.57 Å². The number of carbonyl (C=O) groups excluding carboxylic acids is 1. The Hall–Kier alpha value is -2.91. The Morgan fingerprint density at radius 3 is 2.50 bits per heavy atom. The highest BCUT2D eigenvalue weighted by Gasteiger charge is 2.20. The van der Waals surface area contributed by atoms with Crippen molar-refractivity contribution in [2.45, 2.75) is 13.3 Å². The molecule has 0 spiro atoms. The van der Waals surface area contributed by atoms with Gasteiger partial charge in [-0.3, -0.25) is 18.9 Å². The van der Waals surface area contributed by atoms with Crippen molar-refractivity contribution in [3.05, 3.63) is 78.8 Å². The second-order valence-electron chi connectivity index (χ2n) is 7.22. The average Bonchev–Trinajstić information content (AvgIpc) is 2.77. The van der Waals surface area contributed by atoms with E-state index < -0.39 is 39.0 Å². The minimum atomic E-state index is -4.01. The van der Waals surface area contributed by atoms with Crippen molar-refractivity contribution < 1.29 is 22.0 Å². The van der Waals surface area contributed by atoms with Crippen LogP contribution in [0.5, 0.6) is 0 Å². The van der Waals surface area contributed by atoms with E-state index in [1.807, 2.05) is 32.0 Å². The number of hydrogen-bond acceptors (Lipinski definition) is 6. The standard InChI is InChI=1S/C21H20F2IN5O4S/c1-11(30)15-9-13(8-12-6-7-26-19(18(12)23)28-34(32,33)25-2)21(31)29(3)20(15)27-17-5-4-14(24)10-16(17)22/h4-7,9-10,25,27H,8H2,1-3H3,(H,26,28). The first-order valence-corrected chi connectivity index (χ1v) is 12.3. The fraction of sp³-hybridized carbons (Fsp3) is 0.190. The quantitative estimate of drug-likeness (QED) is 0.269. The van der Waals surface area contributed by atoms with Gasteiger partial charge in [0, 0.05) is 35.8 Å². The molecule has 0 atom stereocenters. The Kier molecular flexibility index (Phi) is 7.67. The molecule has 3 N–H and O–H groups in total. The zero-order valence-electron chi connectivity index (χ0n) is 18.2. The summed E-state index contributed by atoms with van der Waals surface area (Å²) in [6, 6.07) is 7.06. The van der Waals surface area contributed by atoms with Crippen LogP contribution in [0.25, 0.3) is 0 Å². The van der Waals surface area contributed by atoms with Crippen molar-refractivity contribution in [3.63, 3.8) is 0 Å². The van der Waals surface area contributed by atoms with E-state index in [2.05, 4.69) is 10.3 Å². The number of rotatable bonds is 8. The zero-order chi connectivity index (χ0) is 25.2. The molecule has 2 aromatic heterocycles. The minimum absolute atomic E-state index is 0.0141. The van der Waals surface area contributed by atoms with Gasteiger partial charge >= 0.3 is 0 Å². The predicted molar refractivity (Wildman–Crippen MR) is 133 cm³/mol. The predicted octanol–water partition coefficient (Wildman–Crippen LogP) is 3.08. The first kappa shape index (κ1) is 25.7. The number of halogens is 3. The summed E-state index contributed by atoms with van der Waals surface area (Å²) in [5, 5.41) is 2.80. The lowest BCUT2D eigenvalue weighted by atomic mass is 10.0. The summed E-state index contributed by atoms with van der Waals surface area (Å²) < 4.78 is 58.4. The van der Waals surface area contributed by atoms with E-state index in [4.69, 9.17) is 0 Å². The largest absolute Gasteiger partial charge is 0.339 e. The number of hydrogen-bond donors (Lipinski definition) is 3. The third kappa shape index (κ3) is 5.59. The molecule has 0 aliphatic rings. The van der Waals surface area contributed by atoms with Gasteiger partial charge in [0.1, 0.15) is 11.6 Å². The second kappa shape index (κ2) is 10.1. The van der Waals surface area contributed by atoms with Gasteiger partial charge in [0.25, 0.3) is 15.8 Å². The Bertz CT molecular complexity index is 1440. The Morgan fingerprint density at radius 2 is 1.88 bits per heavy atom. The lowest BCUT2D eigenvalue weighted by molar-refractivity contribution is 0.101. The summed E-state index contributed by atoms with van der Waals surface area (Å²) in [5.74, 6) is -2.38. The number of carbonyl (C=O) groups is 1. The van der Waals surface area contributed by atoms with E-state index in [-0.39, 0.29) is 34.6 Å². The molecule has 0 radical (unpaired) electrons. The maximum Gasteiger partial charge on any atom is 0.300 e. The molecular formula is C21H20F2IN5O4S. The molecular weight excluding hydrogens is 583 g/mol. The average molecular weight is 603 g/mol. The van der Waals surface area contributed by atoms with E-state index in [9.17, 15) is 26.8 Å². The van der Waals surface area contributed by atoms with E-state index in [0.717, 1.165) is 11.6 Å². The summed E-state index contributed by atoms with van der Waals surface area (Å²) in [6.45, 7) is 1.29. The lowest BCUT2D eigenvalue weighted by Gasteiger charge is -2.17. The Morgan fingerprint density at radius 1 is 1.18 bits per heavy atom. The number of nitrogens with zero attached hydrogens (tertiary/aromatic N) is 2. The summed E-state index contributed by atoms with van der Waals surface area (Å²) in [5.41, 5.74) is -0.312. The third-order valence-corrected chi connectivity index (χ3v) is 6.57. The van der Waals surface area contributed by atoms with Gasteiger partial charge in [-0.15, -0.1) is 0 Å². The lowest BCUT2D eigenvalue weighted by Crippen LogP contribution is -2.28. The van der Waals surface area contributed by atoms with Crippen molar-refractivity contribution in [1.82, 2.24) is 14.3 Å². The molecule has 3 rings (SSSR count). The van der Waals surface area contributed by atoms with Crippen LogP contribution in [0.1, 0.15) is 28.4 Å². The first-order valence-electron chi connectivity index (χ1n) is 9.74. The molecule has 1 aromatic carbocycles. The molecule has 0 aliphatic heterocycles. The first-order chi connectivity index (χ1) is 15.9. The molecule has 0 saturated carbocycles. The Labute approximate surface area is 207 Å². The number of Topliss-reactive ketones (excluding diaryl/α,β-unsaturated/α-hetero) is 1. The van der Waals surface area contributed by atoms with Crippen LogP contribution < -0.4 is 20.3 Å². The van der Waals surface area contributed by atoms with Crippen LogP contribution in [0, 0.1) is 15.2 Å². The van der Waals surface area contributed by atoms with Crippen molar-refractivity contribution in [2.75, 3.05) is 17.1 Å². The topological polar surface area (TPSA) is 122 Å². The van der Waals surface area contributed by atoms with E-state index >= 15 is 0 Å². The number of anilines is 3. The van der Waals surface area contributed by atoms with Crippen LogP contribution in [0.3, 0.4) is 0 Å². The maximum absolute atomic E-state index is 14.9. The molecule has 0 amide bonds. The number of nitrogens with one attached hydrogen (secondary N) is 3. The summed E-state index contributed by atoms with van der Waals surface area (Å²) in [4.78, 5) is 29.1. The smallest absolute Gasteiger partial charge is 0.300 e. The highest BCUT2D eigenvalue weighted by molar-refractivity contribution is 14.1. The fourth-order valence-electron chi connectivity index (χ4n) is 3.14. The fourth-order valence-corrected chi connectivity index (χ4v) is 4.09. The molecule has 13 heteroatoms. The molecule has 2 heterocycles. The van der Waals surface area contributed by atoms with Crippen LogP contribution in [0.2, 0.25) is 0 Å². The van der Waals surface area contributed by atoms with Gasteiger partial charge in [0.15, 0.2) is 17.4 Å². The number of benzene rings is 1. The number of aromatic nitrogens is 2. The maximum atomic E-state index is 14.9.